The summed E-state index contributed by atoms with van der Waals surface area (Å²) in [6, 6.07) is 4.60. The van der Waals surface area contributed by atoms with Crippen molar-refractivity contribution in [3.8, 4) is 0 Å². The van der Waals surface area contributed by atoms with Crippen LogP contribution in [0.25, 0.3) is 5.57 Å². The number of fused-ring (bicyclic) bond motifs is 1. The van der Waals surface area contributed by atoms with Crippen molar-refractivity contribution in [1.82, 2.24) is 0 Å². The first-order valence-electron chi connectivity index (χ1n) is 6.12. The number of hydrogen-bond acceptors (Lipinski definition) is 0. The fourth-order valence-electron chi connectivity index (χ4n) is 2.64. The Morgan fingerprint density at radius 1 is 1.00 bits per heavy atom. The molecule has 0 amide bonds. The molecule has 0 fully saturated rings. The van der Waals surface area contributed by atoms with Crippen molar-refractivity contribution in [3.63, 3.8) is 0 Å². The lowest BCUT2D eigenvalue weighted by Gasteiger charge is -2.24. The van der Waals surface area contributed by atoms with Gasteiger partial charge in [-0.3, -0.25) is 0 Å². The molecular formula is C16H22. The van der Waals surface area contributed by atoms with Crippen molar-refractivity contribution in [2.45, 2.75) is 53.4 Å². The summed E-state index contributed by atoms with van der Waals surface area (Å²) in [5.41, 5.74) is 9.32. The van der Waals surface area contributed by atoms with Gasteiger partial charge in [0.05, 0.1) is 0 Å². The van der Waals surface area contributed by atoms with E-state index in [1.807, 2.05) is 0 Å². The average Bonchev–Trinajstić information content (AvgIpc) is 2.44. The van der Waals surface area contributed by atoms with Crippen molar-refractivity contribution in [3.05, 3.63) is 40.0 Å². The average molecular weight is 214 g/mol. The van der Waals surface area contributed by atoms with E-state index in [9.17, 15) is 0 Å². The van der Waals surface area contributed by atoms with E-state index in [2.05, 4.69) is 53.7 Å². The number of aryl methyl sites for hydroxylation is 1. The summed E-state index contributed by atoms with van der Waals surface area (Å²) in [5.74, 6) is 0. The molecule has 0 atom stereocenters. The Kier molecular flexibility index (Phi) is 2.49. The molecule has 0 spiro atoms. The molecule has 1 aromatic rings. The summed E-state index contributed by atoms with van der Waals surface area (Å²) in [7, 11) is 0. The Morgan fingerprint density at radius 2 is 1.62 bits per heavy atom. The van der Waals surface area contributed by atoms with Crippen molar-refractivity contribution < 1.29 is 0 Å². The van der Waals surface area contributed by atoms with Gasteiger partial charge < -0.3 is 0 Å². The Morgan fingerprint density at radius 3 is 2.19 bits per heavy atom. The molecule has 0 bridgehead atoms. The Balaban J connectivity index is 2.73. The number of rotatable bonds is 0. The second-order valence-corrected chi connectivity index (χ2v) is 6.12. The highest BCUT2D eigenvalue weighted by Crippen LogP contribution is 2.40. The summed E-state index contributed by atoms with van der Waals surface area (Å²) in [6.07, 6.45) is 1.15. The second-order valence-electron chi connectivity index (χ2n) is 6.12. The van der Waals surface area contributed by atoms with Gasteiger partial charge in [0.15, 0.2) is 0 Å². The van der Waals surface area contributed by atoms with E-state index in [0.717, 1.165) is 6.42 Å². The van der Waals surface area contributed by atoms with Crippen LogP contribution >= 0.6 is 0 Å². The maximum Gasteiger partial charge on any atom is -0.00552 e. The lowest BCUT2D eigenvalue weighted by Crippen LogP contribution is -2.14. The van der Waals surface area contributed by atoms with Gasteiger partial charge in [0.25, 0.3) is 0 Å². The van der Waals surface area contributed by atoms with Crippen LogP contribution in [0.3, 0.4) is 0 Å². The van der Waals surface area contributed by atoms with E-state index < -0.39 is 0 Å². The van der Waals surface area contributed by atoms with Gasteiger partial charge in [0.2, 0.25) is 0 Å². The molecule has 1 aromatic carbocycles. The second kappa shape index (κ2) is 3.48. The van der Waals surface area contributed by atoms with Gasteiger partial charge in [-0.2, -0.15) is 0 Å². The molecule has 86 valence electrons. The summed E-state index contributed by atoms with van der Waals surface area (Å²) in [6.45, 7) is 13.7. The number of allylic oxidation sites excluding steroid dienone is 2. The number of benzene rings is 1. The predicted octanol–water partition coefficient (Wildman–Crippen LogP) is 4.64. The van der Waals surface area contributed by atoms with Crippen molar-refractivity contribution in [2.24, 2.45) is 0 Å². The third kappa shape index (κ3) is 1.61. The lowest BCUT2D eigenvalue weighted by atomic mass is 9.80. The van der Waals surface area contributed by atoms with Crippen molar-refractivity contribution in [1.29, 1.82) is 0 Å². The van der Waals surface area contributed by atoms with Crippen LogP contribution in [0, 0.1) is 6.92 Å². The third-order valence-electron chi connectivity index (χ3n) is 3.81. The SMILES string of the molecule is CC1=C(C)c2c(C(C)(C)C)ccc(C)c2C1. The maximum absolute atomic E-state index is 2.32. The van der Waals surface area contributed by atoms with E-state index in [1.165, 1.54) is 27.8 Å². The zero-order chi connectivity index (χ0) is 12.1. The molecule has 0 heteroatoms. The van der Waals surface area contributed by atoms with Crippen LogP contribution in [-0.2, 0) is 11.8 Å². The normalized spacial score (nSPS) is 15.6. The summed E-state index contributed by atoms with van der Waals surface area (Å²) < 4.78 is 0. The van der Waals surface area contributed by atoms with Gasteiger partial charge in [-0.25, -0.2) is 0 Å². The highest BCUT2D eigenvalue weighted by Gasteiger charge is 2.26. The van der Waals surface area contributed by atoms with E-state index >= 15 is 0 Å². The zero-order valence-electron chi connectivity index (χ0n) is 11.4. The summed E-state index contributed by atoms with van der Waals surface area (Å²) in [5, 5.41) is 0. The molecule has 0 N–H and O–H groups in total. The fourth-order valence-corrected chi connectivity index (χ4v) is 2.64. The third-order valence-corrected chi connectivity index (χ3v) is 3.81. The van der Waals surface area contributed by atoms with Crippen LogP contribution in [0.1, 0.15) is 56.9 Å². The van der Waals surface area contributed by atoms with Gasteiger partial charge >= 0.3 is 0 Å². The molecule has 0 nitrogen and oxygen atoms in total. The monoisotopic (exact) mass is 214 g/mol. The quantitative estimate of drug-likeness (QED) is 0.590. The Bertz CT molecular complexity index is 468. The minimum Gasteiger partial charge on any atom is -0.0654 e. The standard InChI is InChI=1S/C16H22/c1-10-7-8-14(16(4,5)6)15-12(3)11(2)9-13(10)15/h7-8H,9H2,1-6H3. The molecule has 0 heterocycles. The molecule has 0 saturated carbocycles. The summed E-state index contributed by atoms with van der Waals surface area (Å²) >= 11 is 0. The molecule has 1 aliphatic rings. The molecule has 16 heavy (non-hydrogen) atoms. The van der Waals surface area contributed by atoms with E-state index in [4.69, 9.17) is 0 Å². The molecule has 0 radical (unpaired) electrons. The lowest BCUT2D eigenvalue weighted by molar-refractivity contribution is 0.588. The highest BCUT2D eigenvalue weighted by molar-refractivity contribution is 5.78. The smallest absolute Gasteiger partial charge is 0.00552 e. The van der Waals surface area contributed by atoms with Gasteiger partial charge in [-0.05, 0) is 60.4 Å². The van der Waals surface area contributed by atoms with Crippen LogP contribution in [0.2, 0.25) is 0 Å². The predicted molar refractivity (Wildman–Crippen MR) is 71.9 cm³/mol. The Hall–Kier alpha value is -1.04. The van der Waals surface area contributed by atoms with Crippen molar-refractivity contribution in [2.75, 3.05) is 0 Å². The Labute approximate surface area is 99.4 Å². The zero-order valence-corrected chi connectivity index (χ0v) is 11.4. The van der Waals surface area contributed by atoms with Crippen LogP contribution in [-0.4, -0.2) is 0 Å². The van der Waals surface area contributed by atoms with Gasteiger partial charge in [0.1, 0.15) is 0 Å². The molecule has 1 aliphatic carbocycles. The largest absolute Gasteiger partial charge is 0.0654 e. The van der Waals surface area contributed by atoms with E-state index in [1.54, 1.807) is 5.56 Å². The molecule has 0 aromatic heterocycles. The van der Waals surface area contributed by atoms with Crippen LogP contribution in [0.15, 0.2) is 17.7 Å². The highest BCUT2D eigenvalue weighted by atomic mass is 14.3. The minimum atomic E-state index is 0.240. The molecule has 0 saturated heterocycles. The van der Waals surface area contributed by atoms with Crippen LogP contribution in [0.5, 0.6) is 0 Å². The minimum absolute atomic E-state index is 0.240. The van der Waals surface area contributed by atoms with E-state index in [-0.39, 0.29) is 5.41 Å². The van der Waals surface area contributed by atoms with Crippen molar-refractivity contribution >= 4 is 5.57 Å². The maximum atomic E-state index is 2.32. The molecule has 2 rings (SSSR count). The van der Waals surface area contributed by atoms with E-state index in [0.29, 0.717) is 0 Å². The topological polar surface area (TPSA) is 0 Å². The summed E-state index contributed by atoms with van der Waals surface area (Å²) in [4.78, 5) is 0. The molecule has 0 unspecified atom stereocenters. The van der Waals surface area contributed by atoms with Crippen LogP contribution in [0.4, 0.5) is 0 Å². The van der Waals surface area contributed by atoms with Gasteiger partial charge in [-0.15, -0.1) is 0 Å². The first-order chi connectivity index (χ1) is 7.32. The van der Waals surface area contributed by atoms with Crippen LogP contribution < -0.4 is 0 Å². The number of hydrogen-bond donors (Lipinski definition) is 0. The fraction of sp³-hybridized carbons (Fsp3) is 0.500. The first-order valence-corrected chi connectivity index (χ1v) is 6.12. The molecular weight excluding hydrogens is 192 g/mol. The van der Waals surface area contributed by atoms with Gasteiger partial charge in [0, 0.05) is 0 Å². The van der Waals surface area contributed by atoms with Gasteiger partial charge in [-0.1, -0.05) is 38.5 Å². The molecule has 0 aliphatic heterocycles. The first kappa shape index (κ1) is 11.4.